The first-order chi connectivity index (χ1) is 12.7. The summed E-state index contributed by atoms with van der Waals surface area (Å²) in [4.78, 5) is 28.5. The van der Waals surface area contributed by atoms with Gasteiger partial charge in [-0.2, -0.15) is 0 Å². The van der Waals surface area contributed by atoms with Crippen molar-refractivity contribution in [1.29, 1.82) is 0 Å². The topological polar surface area (TPSA) is 68.3 Å². The molecule has 0 radical (unpaired) electrons. The van der Waals surface area contributed by atoms with Crippen LogP contribution >= 0.6 is 0 Å². The Labute approximate surface area is 158 Å². The molecule has 1 aromatic heterocycles. The largest absolute Gasteiger partial charge is 0.444 e. The number of ketones is 1. The fraction of sp³-hybridized carbons (Fsp3) is 0.286. The van der Waals surface area contributed by atoms with E-state index in [1.165, 1.54) is 12.1 Å². The van der Waals surface area contributed by atoms with Gasteiger partial charge in [0, 0.05) is 24.6 Å². The third-order valence-corrected chi connectivity index (χ3v) is 3.28. The van der Waals surface area contributed by atoms with Crippen molar-refractivity contribution in [3.8, 4) is 11.8 Å². The van der Waals surface area contributed by atoms with Crippen molar-refractivity contribution in [2.24, 2.45) is 0 Å². The summed E-state index contributed by atoms with van der Waals surface area (Å²) in [5.74, 6) is 4.84. The minimum atomic E-state index is -0.710. The number of nitrogens with one attached hydrogen (secondary N) is 1. The van der Waals surface area contributed by atoms with E-state index in [-0.39, 0.29) is 29.9 Å². The number of rotatable bonds is 4. The Hall–Kier alpha value is -3.20. The number of amides is 1. The van der Waals surface area contributed by atoms with Gasteiger partial charge >= 0.3 is 6.09 Å². The highest BCUT2D eigenvalue weighted by Gasteiger charge is 2.19. The second kappa shape index (κ2) is 8.95. The van der Waals surface area contributed by atoms with E-state index in [1.54, 1.807) is 39.1 Å². The van der Waals surface area contributed by atoms with Crippen molar-refractivity contribution in [3.63, 3.8) is 0 Å². The zero-order valence-electron chi connectivity index (χ0n) is 15.5. The average Bonchev–Trinajstić information content (AvgIpc) is 2.59. The van der Waals surface area contributed by atoms with Crippen LogP contribution in [0.5, 0.6) is 0 Å². The van der Waals surface area contributed by atoms with Crippen LogP contribution in [-0.2, 0) is 4.74 Å². The summed E-state index contributed by atoms with van der Waals surface area (Å²) in [5, 5.41) is 2.50. The van der Waals surface area contributed by atoms with E-state index in [0.717, 1.165) is 6.07 Å². The number of anilines is 1. The molecule has 140 valence electrons. The number of carbonyl (C=O) groups is 2. The van der Waals surface area contributed by atoms with Crippen molar-refractivity contribution in [1.82, 2.24) is 4.98 Å². The monoisotopic (exact) mass is 368 g/mol. The molecule has 2 rings (SSSR count). The first kappa shape index (κ1) is 20.1. The van der Waals surface area contributed by atoms with E-state index in [4.69, 9.17) is 4.74 Å². The lowest BCUT2D eigenvalue weighted by Crippen LogP contribution is -2.27. The molecule has 0 aliphatic carbocycles. The van der Waals surface area contributed by atoms with Crippen LogP contribution in [0.4, 0.5) is 14.9 Å². The molecule has 0 aliphatic heterocycles. The molecule has 1 amide bonds. The van der Waals surface area contributed by atoms with Gasteiger partial charge in [-0.15, -0.1) is 0 Å². The molecule has 0 atom stereocenters. The highest BCUT2D eigenvalue weighted by atomic mass is 19.1. The Morgan fingerprint density at radius 1 is 1.22 bits per heavy atom. The van der Waals surface area contributed by atoms with Crippen molar-refractivity contribution in [3.05, 3.63) is 59.7 Å². The van der Waals surface area contributed by atoms with Crippen molar-refractivity contribution < 1.29 is 18.7 Å². The highest BCUT2D eigenvalue weighted by molar-refractivity contribution is 6.04. The first-order valence-electron chi connectivity index (χ1n) is 8.47. The molecule has 2 aromatic rings. The predicted molar refractivity (Wildman–Crippen MR) is 101 cm³/mol. The van der Waals surface area contributed by atoms with E-state index in [1.807, 2.05) is 6.07 Å². The Morgan fingerprint density at radius 2 is 2.00 bits per heavy atom. The summed E-state index contributed by atoms with van der Waals surface area (Å²) in [6, 6.07) is 8.99. The van der Waals surface area contributed by atoms with Crippen LogP contribution in [-0.4, -0.2) is 22.5 Å². The molecular formula is C21H21FN2O3. The molecule has 6 heteroatoms. The molecule has 0 fully saturated rings. The maximum absolute atomic E-state index is 13.6. The van der Waals surface area contributed by atoms with Crippen LogP contribution in [0.2, 0.25) is 0 Å². The molecular weight excluding hydrogens is 347 g/mol. The highest BCUT2D eigenvalue weighted by Crippen LogP contribution is 2.20. The summed E-state index contributed by atoms with van der Waals surface area (Å²) in [7, 11) is 0. The molecule has 0 bridgehead atoms. The molecule has 27 heavy (non-hydrogen) atoms. The van der Waals surface area contributed by atoms with Crippen LogP contribution < -0.4 is 5.32 Å². The first-order valence-corrected chi connectivity index (χ1v) is 8.47. The zero-order valence-corrected chi connectivity index (χ0v) is 15.5. The SMILES string of the molecule is CC(C)(C)OC(=O)Nc1ccc(F)cc1C(=O)CCC#Cc1ccccn1. The summed E-state index contributed by atoms with van der Waals surface area (Å²) in [6.45, 7) is 5.18. The van der Waals surface area contributed by atoms with Gasteiger partial charge in [0.2, 0.25) is 0 Å². The lowest BCUT2D eigenvalue weighted by atomic mass is 10.0. The number of nitrogens with zero attached hydrogens (tertiary/aromatic N) is 1. The van der Waals surface area contributed by atoms with Crippen molar-refractivity contribution in [2.45, 2.75) is 39.2 Å². The van der Waals surface area contributed by atoms with Gasteiger partial charge < -0.3 is 4.74 Å². The van der Waals surface area contributed by atoms with Crippen LogP contribution in [0.1, 0.15) is 49.7 Å². The molecule has 0 unspecified atom stereocenters. The minimum absolute atomic E-state index is 0.0838. The molecule has 5 nitrogen and oxygen atoms in total. The maximum atomic E-state index is 13.6. The average molecular weight is 368 g/mol. The van der Waals surface area contributed by atoms with Crippen LogP contribution in [0.3, 0.4) is 0 Å². The molecule has 0 aliphatic rings. The number of Topliss-reactive ketones (excluding diaryl/α,β-unsaturated/α-hetero) is 1. The number of pyridine rings is 1. The van der Waals surface area contributed by atoms with Gasteiger partial charge in [-0.25, -0.2) is 14.2 Å². The fourth-order valence-electron chi connectivity index (χ4n) is 2.17. The summed E-state index contributed by atoms with van der Waals surface area (Å²) < 4.78 is 18.8. The number of aromatic nitrogens is 1. The summed E-state index contributed by atoms with van der Waals surface area (Å²) >= 11 is 0. The molecule has 1 aromatic carbocycles. The van der Waals surface area contributed by atoms with Crippen LogP contribution in [0, 0.1) is 17.7 Å². The number of carbonyl (C=O) groups excluding carboxylic acids is 2. The Kier molecular flexibility index (Phi) is 6.67. The number of halogens is 1. The lowest BCUT2D eigenvalue weighted by Gasteiger charge is -2.20. The van der Waals surface area contributed by atoms with Crippen LogP contribution in [0.25, 0.3) is 0 Å². The second-order valence-electron chi connectivity index (χ2n) is 6.76. The zero-order chi connectivity index (χ0) is 19.9. The van der Waals surface area contributed by atoms with Crippen molar-refractivity contribution >= 4 is 17.6 Å². The number of ether oxygens (including phenoxy) is 1. The smallest absolute Gasteiger partial charge is 0.412 e. The van der Waals surface area contributed by atoms with E-state index in [9.17, 15) is 14.0 Å². The van der Waals surface area contributed by atoms with Crippen molar-refractivity contribution in [2.75, 3.05) is 5.32 Å². The van der Waals surface area contributed by atoms with Gasteiger partial charge in [0.15, 0.2) is 5.78 Å². The third-order valence-electron chi connectivity index (χ3n) is 3.28. The van der Waals surface area contributed by atoms with E-state index >= 15 is 0 Å². The molecule has 1 heterocycles. The number of hydrogen-bond acceptors (Lipinski definition) is 4. The standard InChI is InChI=1S/C21H21FN2O3/c1-21(2,3)27-20(26)24-18-12-11-15(22)14-17(18)19(25)10-5-4-8-16-9-6-7-13-23-16/h6-7,9,11-14H,5,10H2,1-3H3,(H,24,26). The van der Waals surface area contributed by atoms with Crippen LogP contribution in [0.15, 0.2) is 42.6 Å². The number of hydrogen-bond donors (Lipinski definition) is 1. The Morgan fingerprint density at radius 3 is 2.67 bits per heavy atom. The lowest BCUT2D eigenvalue weighted by molar-refractivity contribution is 0.0636. The predicted octanol–water partition coefficient (Wildman–Crippen LogP) is 4.58. The second-order valence-corrected chi connectivity index (χ2v) is 6.76. The van der Waals surface area contributed by atoms with Gasteiger partial charge in [0.25, 0.3) is 0 Å². The maximum Gasteiger partial charge on any atom is 0.412 e. The van der Waals surface area contributed by atoms with Gasteiger partial charge in [-0.05, 0) is 57.0 Å². The molecule has 0 saturated heterocycles. The summed E-state index contributed by atoms with van der Waals surface area (Å²) in [5.41, 5.74) is 0.215. The quantitative estimate of drug-likeness (QED) is 0.633. The Bertz CT molecular complexity index is 878. The fourth-order valence-corrected chi connectivity index (χ4v) is 2.17. The van der Waals surface area contributed by atoms with Gasteiger partial charge in [-0.1, -0.05) is 12.0 Å². The third kappa shape index (κ3) is 6.90. The number of benzene rings is 1. The molecule has 1 N–H and O–H groups in total. The van der Waals surface area contributed by atoms with E-state index in [2.05, 4.69) is 22.1 Å². The van der Waals surface area contributed by atoms with E-state index < -0.39 is 17.5 Å². The van der Waals surface area contributed by atoms with Gasteiger partial charge in [0.05, 0.1) is 5.69 Å². The minimum Gasteiger partial charge on any atom is -0.444 e. The van der Waals surface area contributed by atoms with Gasteiger partial charge in [-0.3, -0.25) is 10.1 Å². The molecule has 0 spiro atoms. The van der Waals surface area contributed by atoms with E-state index in [0.29, 0.717) is 5.69 Å². The Balaban J connectivity index is 2.05. The summed E-state index contributed by atoms with van der Waals surface area (Å²) in [6.07, 6.45) is 1.30. The van der Waals surface area contributed by atoms with Gasteiger partial charge in [0.1, 0.15) is 17.1 Å². The molecule has 0 saturated carbocycles. The normalized spacial score (nSPS) is 10.5.